The lowest BCUT2D eigenvalue weighted by Crippen LogP contribution is -2.18. The molecule has 1 aromatic carbocycles. The van der Waals surface area contributed by atoms with Crippen LogP contribution in [0.2, 0.25) is 0 Å². The van der Waals surface area contributed by atoms with Gasteiger partial charge in [0.1, 0.15) is 5.82 Å². The molecule has 0 unspecified atom stereocenters. The van der Waals surface area contributed by atoms with Crippen molar-refractivity contribution in [3.8, 4) is 0 Å². The van der Waals surface area contributed by atoms with Crippen molar-refractivity contribution in [3.05, 3.63) is 41.6 Å². The minimum atomic E-state index is 0.850. The van der Waals surface area contributed by atoms with Crippen molar-refractivity contribution in [3.63, 3.8) is 0 Å². The van der Waals surface area contributed by atoms with Gasteiger partial charge in [0.25, 0.3) is 0 Å². The Hall–Kier alpha value is -1.81. The average molecular weight is 258 g/mol. The van der Waals surface area contributed by atoms with Crippen LogP contribution in [-0.2, 0) is 13.6 Å². The molecule has 1 N–H and O–H groups in total. The van der Waals surface area contributed by atoms with Gasteiger partial charge in [0.05, 0.1) is 5.69 Å². The summed E-state index contributed by atoms with van der Waals surface area (Å²) in [7, 11) is 4.08. The van der Waals surface area contributed by atoms with Gasteiger partial charge in [-0.25, -0.2) is 0 Å². The highest BCUT2D eigenvalue weighted by molar-refractivity contribution is 5.63. The first-order chi connectivity index (χ1) is 9.15. The minimum absolute atomic E-state index is 0.850. The fraction of sp³-hybridized carbons (Fsp3) is 0.400. The van der Waals surface area contributed by atoms with Crippen LogP contribution in [0.25, 0.3) is 0 Å². The monoisotopic (exact) mass is 258 g/mol. The first-order valence-electron chi connectivity index (χ1n) is 6.67. The highest BCUT2D eigenvalue weighted by atomic mass is 15.4. The lowest BCUT2D eigenvalue weighted by atomic mass is 10.2. The zero-order valence-corrected chi connectivity index (χ0v) is 12.1. The molecule has 2 rings (SSSR count). The fourth-order valence-corrected chi connectivity index (χ4v) is 2.34. The van der Waals surface area contributed by atoms with Gasteiger partial charge in [0.15, 0.2) is 0 Å². The molecule has 0 fully saturated rings. The number of nitrogens with zero attached hydrogens (tertiary/aromatic N) is 3. The van der Waals surface area contributed by atoms with Crippen LogP contribution in [-0.4, -0.2) is 23.4 Å². The largest absolute Gasteiger partial charge is 0.329 e. The summed E-state index contributed by atoms with van der Waals surface area (Å²) in [6.45, 7) is 5.99. The van der Waals surface area contributed by atoms with E-state index >= 15 is 0 Å². The van der Waals surface area contributed by atoms with E-state index in [0.717, 1.165) is 24.6 Å². The van der Waals surface area contributed by atoms with Gasteiger partial charge in [-0.2, -0.15) is 5.10 Å². The lowest BCUT2D eigenvalue weighted by molar-refractivity contribution is 0.721. The molecule has 0 aliphatic carbocycles. The Morgan fingerprint density at radius 3 is 2.58 bits per heavy atom. The second-order valence-electron chi connectivity index (χ2n) is 4.69. The Balaban J connectivity index is 2.38. The van der Waals surface area contributed by atoms with Crippen molar-refractivity contribution in [1.29, 1.82) is 0 Å². The maximum atomic E-state index is 4.55. The van der Waals surface area contributed by atoms with Gasteiger partial charge >= 0.3 is 0 Å². The normalized spacial score (nSPS) is 10.7. The van der Waals surface area contributed by atoms with E-state index in [-0.39, 0.29) is 0 Å². The number of hydrogen-bond acceptors (Lipinski definition) is 3. The van der Waals surface area contributed by atoms with E-state index < -0.39 is 0 Å². The number of aryl methyl sites for hydroxylation is 2. The molecule has 0 amide bonds. The van der Waals surface area contributed by atoms with Crippen LogP contribution in [0.15, 0.2) is 30.3 Å². The summed E-state index contributed by atoms with van der Waals surface area (Å²) in [6, 6.07) is 10.4. The maximum absolute atomic E-state index is 4.55. The Morgan fingerprint density at radius 1 is 1.26 bits per heavy atom. The standard InChI is InChI=1S/C15H22N4/c1-5-16-11-14-12(2)17-19(4)15(14)18(3)13-9-7-6-8-10-13/h6-10,16H,5,11H2,1-4H3. The number of para-hydroxylation sites is 1. The van der Waals surface area contributed by atoms with Crippen molar-refractivity contribution in [2.75, 3.05) is 18.5 Å². The quantitative estimate of drug-likeness (QED) is 0.895. The molecule has 4 nitrogen and oxygen atoms in total. The van der Waals surface area contributed by atoms with Crippen molar-refractivity contribution < 1.29 is 0 Å². The van der Waals surface area contributed by atoms with E-state index in [1.54, 1.807) is 0 Å². The first kappa shape index (κ1) is 13.6. The molecule has 102 valence electrons. The molecule has 19 heavy (non-hydrogen) atoms. The van der Waals surface area contributed by atoms with E-state index in [0.29, 0.717) is 0 Å². The molecule has 0 saturated heterocycles. The molecule has 0 atom stereocenters. The summed E-state index contributed by atoms with van der Waals surface area (Å²) in [4.78, 5) is 2.19. The molecule has 0 bridgehead atoms. The number of aromatic nitrogens is 2. The van der Waals surface area contributed by atoms with E-state index in [4.69, 9.17) is 0 Å². The highest BCUT2D eigenvalue weighted by Crippen LogP contribution is 2.28. The van der Waals surface area contributed by atoms with Crippen LogP contribution in [0, 0.1) is 6.92 Å². The van der Waals surface area contributed by atoms with E-state index in [2.05, 4.69) is 60.5 Å². The Morgan fingerprint density at radius 2 is 1.95 bits per heavy atom. The van der Waals surface area contributed by atoms with Crippen LogP contribution in [0.1, 0.15) is 18.2 Å². The zero-order valence-electron chi connectivity index (χ0n) is 12.1. The molecule has 0 spiro atoms. The van der Waals surface area contributed by atoms with Crippen molar-refractivity contribution in [1.82, 2.24) is 15.1 Å². The number of nitrogens with one attached hydrogen (secondary N) is 1. The molecular weight excluding hydrogens is 236 g/mol. The first-order valence-corrected chi connectivity index (χ1v) is 6.67. The molecule has 0 saturated carbocycles. The molecule has 0 radical (unpaired) electrons. The van der Waals surface area contributed by atoms with Crippen molar-refractivity contribution in [2.24, 2.45) is 7.05 Å². The SMILES string of the molecule is CCNCc1c(C)nn(C)c1N(C)c1ccccc1. The van der Waals surface area contributed by atoms with Gasteiger partial charge in [-0.1, -0.05) is 25.1 Å². The third-order valence-corrected chi connectivity index (χ3v) is 3.33. The van der Waals surface area contributed by atoms with Gasteiger partial charge in [0, 0.05) is 31.9 Å². The lowest BCUT2D eigenvalue weighted by Gasteiger charge is -2.21. The predicted octanol–water partition coefficient (Wildman–Crippen LogP) is 2.61. The van der Waals surface area contributed by atoms with E-state index in [9.17, 15) is 0 Å². The van der Waals surface area contributed by atoms with Crippen LogP contribution >= 0.6 is 0 Å². The number of hydrogen-bond donors (Lipinski definition) is 1. The molecule has 1 aromatic heterocycles. The van der Waals surface area contributed by atoms with Gasteiger partial charge in [-0.15, -0.1) is 0 Å². The molecular formula is C15H22N4. The summed E-state index contributed by atoms with van der Waals surface area (Å²) in [5, 5.41) is 7.93. The number of benzene rings is 1. The molecule has 0 aliphatic heterocycles. The van der Waals surface area contributed by atoms with Gasteiger partial charge < -0.3 is 10.2 Å². The molecule has 1 heterocycles. The zero-order chi connectivity index (χ0) is 13.8. The summed E-state index contributed by atoms with van der Waals surface area (Å²) in [5.41, 5.74) is 3.51. The Labute approximate surface area is 115 Å². The van der Waals surface area contributed by atoms with Crippen molar-refractivity contribution >= 4 is 11.5 Å². The molecule has 0 aliphatic rings. The predicted molar refractivity (Wildman–Crippen MR) is 79.8 cm³/mol. The van der Waals surface area contributed by atoms with Crippen LogP contribution in [0.3, 0.4) is 0 Å². The minimum Gasteiger partial charge on any atom is -0.329 e. The third-order valence-electron chi connectivity index (χ3n) is 3.33. The van der Waals surface area contributed by atoms with Crippen LogP contribution < -0.4 is 10.2 Å². The fourth-order valence-electron chi connectivity index (χ4n) is 2.34. The van der Waals surface area contributed by atoms with Crippen LogP contribution in [0.5, 0.6) is 0 Å². The summed E-state index contributed by atoms with van der Waals surface area (Å²) >= 11 is 0. The third kappa shape index (κ3) is 2.79. The second kappa shape index (κ2) is 5.89. The van der Waals surface area contributed by atoms with Crippen molar-refractivity contribution in [2.45, 2.75) is 20.4 Å². The molecule has 2 aromatic rings. The average Bonchev–Trinajstić information content (AvgIpc) is 2.71. The second-order valence-corrected chi connectivity index (χ2v) is 4.69. The highest BCUT2D eigenvalue weighted by Gasteiger charge is 2.17. The number of anilines is 2. The molecule has 4 heteroatoms. The Bertz CT molecular complexity index is 531. The smallest absolute Gasteiger partial charge is 0.135 e. The topological polar surface area (TPSA) is 33.1 Å². The van der Waals surface area contributed by atoms with Crippen LogP contribution in [0.4, 0.5) is 11.5 Å². The summed E-state index contributed by atoms with van der Waals surface area (Å²) < 4.78 is 1.95. The van der Waals surface area contributed by atoms with Gasteiger partial charge in [0.2, 0.25) is 0 Å². The Kier molecular flexibility index (Phi) is 4.22. The summed E-state index contributed by atoms with van der Waals surface area (Å²) in [5.74, 6) is 1.14. The van der Waals surface area contributed by atoms with Gasteiger partial charge in [-0.05, 0) is 25.6 Å². The number of rotatable bonds is 5. The maximum Gasteiger partial charge on any atom is 0.135 e. The van der Waals surface area contributed by atoms with Gasteiger partial charge in [-0.3, -0.25) is 4.68 Å². The van der Waals surface area contributed by atoms with E-state index in [1.807, 2.05) is 17.8 Å². The summed E-state index contributed by atoms with van der Waals surface area (Å²) in [6.07, 6.45) is 0. The van der Waals surface area contributed by atoms with E-state index in [1.165, 1.54) is 11.3 Å².